The van der Waals surface area contributed by atoms with E-state index in [1.165, 1.54) is 11.8 Å². The Hall–Kier alpha value is -3.74. The van der Waals surface area contributed by atoms with Gasteiger partial charge in [0.1, 0.15) is 5.52 Å². The Morgan fingerprint density at radius 3 is 2.50 bits per heavy atom. The van der Waals surface area contributed by atoms with Gasteiger partial charge in [0.25, 0.3) is 5.56 Å². The summed E-state index contributed by atoms with van der Waals surface area (Å²) in [6, 6.07) is 16.7. The molecule has 0 amide bonds. The molecule has 1 fully saturated rings. The van der Waals surface area contributed by atoms with Crippen molar-refractivity contribution in [2.24, 2.45) is 0 Å². The number of nitrogens with zero attached hydrogens (tertiary/aromatic N) is 4. The van der Waals surface area contributed by atoms with Crippen LogP contribution in [0.3, 0.4) is 0 Å². The van der Waals surface area contributed by atoms with Crippen molar-refractivity contribution in [3.8, 4) is 5.69 Å². The van der Waals surface area contributed by atoms with Crippen molar-refractivity contribution in [1.29, 1.82) is 0 Å². The van der Waals surface area contributed by atoms with Crippen LogP contribution in [0.1, 0.15) is 40.4 Å². The van der Waals surface area contributed by atoms with Crippen molar-refractivity contribution in [3.05, 3.63) is 88.0 Å². The number of ether oxygens (including phenoxy) is 1. The Bertz CT molecular complexity index is 1290. The van der Waals surface area contributed by atoms with Crippen LogP contribution >= 0.6 is 0 Å². The van der Waals surface area contributed by atoms with E-state index in [1.54, 1.807) is 23.0 Å². The average molecular weight is 400 g/mol. The highest BCUT2D eigenvalue weighted by atomic mass is 16.5. The molecule has 1 aliphatic carbocycles. The van der Waals surface area contributed by atoms with Crippen molar-refractivity contribution in [3.63, 3.8) is 0 Å². The van der Waals surface area contributed by atoms with Gasteiger partial charge in [-0.1, -0.05) is 30.3 Å². The first-order valence-corrected chi connectivity index (χ1v) is 9.87. The number of para-hydroxylation sites is 1. The van der Waals surface area contributed by atoms with Crippen molar-refractivity contribution in [1.82, 2.24) is 19.6 Å². The lowest BCUT2D eigenvalue weighted by Crippen LogP contribution is -2.26. The van der Waals surface area contributed by atoms with E-state index in [4.69, 9.17) is 9.84 Å². The molecule has 0 N–H and O–H groups in total. The minimum Gasteiger partial charge on any atom is -0.465 e. The monoisotopic (exact) mass is 400 g/mol. The topological polar surface area (TPSA) is 79.0 Å². The molecule has 5 rings (SSSR count). The molecular formula is C23H20N4O3. The van der Waals surface area contributed by atoms with Gasteiger partial charge >= 0.3 is 5.97 Å². The van der Waals surface area contributed by atoms with Crippen LogP contribution in [0, 0.1) is 0 Å². The predicted molar refractivity (Wildman–Crippen MR) is 112 cm³/mol. The van der Waals surface area contributed by atoms with Gasteiger partial charge in [0.05, 0.1) is 36.8 Å². The van der Waals surface area contributed by atoms with Gasteiger partial charge in [-0.25, -0.2) is 14.2 Å². The zero-order chi connectivity index (χ0) is 20.7. The molecule has 7 heteroatoms. The molecule has 0 atom stereocenters. The number of benzene rings is 2. The number of methoxy groups -OCH3 is 1. The lowest BCUT2D eigenvalue weighted by Gasteiger charge is -2.10. The summed E-state index contributed by atoms with van der Waals surface area (Å²) in [5.74, 6) is -0.0180. The van der Waals surface area contributed by atoms with E-state index < -0.39 is 0 Å². The normalized spacial score (nSPS) is 13.5. The van der Waals surface area contributed by atoms with E-state index in [1.807, 2.05) is 42.5 Å². The maximum absolute atomic E-state index is 13.4. The number of rotatable bonds is 5. The summed E-state index contributed by atoms with van der Waals surface area (Å²) in [6.45, 7) is 0.315. The first-order valence-electron chi connectivity index (χ1n) is 9.87. The van der Waals surface area contributed by atoms with Gasteiger partial charge in [0, 0.05) is 11.3 Å². The summed E-state index contributed by atoms with van der Waals surface area (Å²) < 4.78 is 7.94. The Morgan fingerprint density at radius 2 is 1.83 bits per heavy atom. The minimum atomic E-state index is -0.388. The van der Waals surface area contributed by atoms with Gasteiger partial charge in [-0.3, -0.25) is 4.79 Å². The third-order valence-electron chi connectivity index (χ3n) is 5.38. The Kier molecular flexibility index (Phi) is 4.43. The molecule has 0 bridgehead atoms. The first kappa shape index (κ1) is 18.3. The van der Waals surface area contributed by atoms with Gasteiger partial charge in [-0.15, -0.1) is 0 Å². The molecule has 2 heterocycles. The fourth-order valence-electron chi connectivity index (χ4n) is 3.66. The molecule has 0 radical (unpaired) electrons. The predicted octanol–water partition coefficient (Wildman–Crippen LogP) is 3.29. The lowest BCUT2D eigenvalue weighted by molar-refractivity contribution is 0.0600. The largest absolute Gasteiger partial charge is 0.465 e. The highest BCUT2D eigenvalue weighted by molar-refractivity contribution is 5.89. The average Bonchev–Trinajstić information content (AvgIpc) is 3.53. The van der Waals surface area contributed by atoms with Crippen molar-refractivity contribution in [2.75, 3.05) is 7.11 Å². The fourth-order valence-corrected chi connectivity index (χ4v) is 3.66. The molecule has 150 valence electrons. The van der Waals surface area contributed by atoms with Crippen LogP contribution in [-0.2, 0) is 11.3 Å². The quantitative estimate of drug-likeness (QED) is 0.480. The van der Waals surface area contributed by atoms with Gasteiger partial charge in [0.2, 0.25) is 0 Å². The molecule has 2 aromatic carbocycles. The zero-order valence-electron chi connectivity index (χ0n) is 16.5. The van der Waals surface area contributed by atoms with E-state index in [0.29, 0.717) is 23.5 Å². The summed E-state index contributed by atoms with van der Waals surface area (Å²) in [5.41, 5.74) is 3.48. The molecule has 0 spiro atoms. The highest BCUT2D eigenvalue weighted by Gasteiger charge is 2.30. The number of hydrogen-bond acceptors (Lipinski definition) is 5. The second kappa shape index (κ2) is 7.26. The lowest BCUT2D eigenvalue weighted by atomic mass is 10.1. The van der Waals surface area contributed by atoms with Crippen LogP contribution < -0.4 is 5.56 Å². The zero-order valence-corrected chi connectivity index (χ0v) is 16.5. The Balaban J connectivity index is 1.61. The third-order valence-corrected chi connectivity index (χ3v) is 5.38. The molecule has 7 nitrogen and oxygen atoms in total. The number of carbonyl (C=O) groups is 1. The van der Waals surface area contributed by atoms with Gasteiger partial charge in [-0.2, -0.15) is 10.2 Å². The van der Waals surface area contributed by atoms with Gasteiger partial charge in [-0.05, 0) is 42.7 Å². The summed E-state index contributed by atoms with van der Waals surface area (Å²) >= 11 is 0. The van der Waals surface area contributed by atoms with E-state index >= 15 is 0 Å². The molecule has 4 aromatic rings. The minimum absolute atomic E-state index is 0.187. The summed E-state index contributed by atoms with van der Waals surface area (Å²) in [5, 5.41) is 10.0. The fraction of sp³-hybridized carbons (Fsp3) is 0.217. The molecule has 0 saturated heterocycles. The van der Waals surface area contributed by atoms with Crippen LogP contribution in [0.5, 0.6) is 0 Å². The Morgan fingerprint density at radius 1 is 1.10 bits per heavy atom. The highest BCUT2D eigenvalue weighted by Crippen LogP contribution is 2.41. The number of aromatic nitrogens is 4. The maximum atomic E-state index is 13.4. The standard InChI is InChI=1S/C23H20N4O3/c1-30-23(29)17-9-7-15(8-10-17)14-26-22(28)21-19(20(25-26)16-11-12-16)13-24-27(21)18-5-3-2-4-6-18/h2-10,13,16H,11-12,14H2,1H3. The van der Waals surface area contributed by atoms with Crippen LogP contribution in [0.2, 0.25) is 0 Å². The SMILES string of the molecule is COC(=O)c1ccc(Cn2nc(C3CC3)c3cnn(-c4ccccc4)c3c2=O)cc1. The van der Waals surface area contributed by atoms with Gasteiger partial charge in [0.15, 0.2) is 0 Å². The van der Waals surface area contributed by atoms with E-state index in [2.05, 4.69) is 5.10 Å². The summed E-state index contributed by atoms with van der Waals surface area (Å²) in [4.78, 5) is 25.0. The van der Waals surface area contributed by atoms with Crippen molar-refractivity contribution >= 4 is 16.9 Å². The van der Waals surface area contributed by atoms with Crippen LogP contribution in [-0.4, -0.2) is 32.6 Å². The molecule has 2 aromatic heterocycles. The first-order chi connectivity index (χ1) is 14.7. The molecule has 30 heavy (non-hydrogen) atoms. The van der Waals surface area contributed by atoms with Gasteiger partial charge < -0.3 is 4.74 Å². The second-order valence-electron chi connectivity index (χ2n) is 7.47. The molecule has 1 saturated carbocycles. The van der Waals surface area contributed by atoms with Crippen LogP contribution in [0.4, 0.5) is 0 Å². The second-order valence-corrected chi connectivity index (χ2v) is 7.47. The molecular weight excluding hydrogens is 380 g/mol. The smallest absolute Gasteiger partial charge is 0.337 e. The van der Waals surface area contributed by atoms with E-state index in [0.717, 1.165) is 35.2 Å². The van der Waals surface area contributed by atoms with Crippen molar-refractivity contribution < 1.29 is 9.53 Å². The maximum Gasteiger partial charge on any atom is 0.337 e. The van der Waals surface area contributed by atoms with E-state index in [-0.39, 0.29) is 11.5 Å². The molecule has 0 unspecified atom stereocenters. The summed E-state index contributed by atoms with van der Waals surface area (Å²) in [7, 11) is 1.35. The molecule has 1 aliphatic rings. The van der Waals surface area contributed by atoms with Crippen LogP contribution in [0.15, 0.2) is 65.6 Å². The number of fused-ring (bicyclic) bond motifs is 1. The van der Waals surface area contributed by atoms with E-state index in [9.17, 15) is 9.59 Å². The molecule has 0 aliphatic heterocycles. The number of hydrogen-bond donors (Lipinski definition) is 0. The number of carbonyl (C=O) groups excluding carboxylic acids is 1. The summed E-state index contributed by atoms with van der Waals surface area (Å²) in [6.07, 6.45) is 3.90. The van der Waals surface area contributed by atoms with Crippen LogP contribution in [0.25, 0.3) is 16.6 Å². The van der Waals surface area contributed by atoms with Crippen molar-refractivity contribution in [2.45, 2.75) is 25.3 Å². The Labute approximate surface area is 172 Å². The third kappa shape index (κ3) is 3.18. The number of esters is 1.